The average Bonchev–Trinajstić information content (AvgIpc) is 2.54. The minimum absolute atomic E-state index is 0.307. The Morgan fingerprint density at radius 1 is 1.06 bits per heavy atom. The van der Waals surface area contributed by atoms with E-state index in [2.05, 4.69) is 38.1 Å². The van der Waals surface area contributed by atoms with Gasteiger partial charge in [-0.3, -0.25) is 4.79 Å². The van der Waals surface area contributed by atoms with Crippen molar-refractivity contribution in [3.63, 3.8) is 0 Å². The third-order valence-electron chi connectivity index (χ3n) is 3.61. The predicted octanol–water partition coefficient (Wildman–Crippen LogP) is 4.42. The van der Waals surface area contributed by atoms with Gasteiger partial charge in [0, 0.05) is 6.42 Å². The number of hydrogen-bond donors (Lipinski definition) is 0. The minimum Gasteiger partial charge on any atom is -0.295 e. The summed E-state index contributed by atoms with van der Waals surface area (Å²) in [5, 5.41) is 0. The van der Waals surface area contributed by atoms with Gasteiger partial charge in [0.15, 0.2) is 5.78 Å². The molecule has 0 heterocycles. The van der Waals surface area contributed by atoms with E-state index >= 15 is 0 Å². The van der Waals surface area contributed by atoms with Crippen molar-refractivity contribution >= 4 is 5.78 Å². The van der Waals surface area contributed by atoms with Crippen LogP contribution in [0.4, 0.5) is 0 Å². The van der Waals surface area contributed by atoms with E-state index in [1.807, 2.05) is 6.08 Å². The molecule has 0 unspecified atom stereocenters. The van der Waals surface area contributed by atoms with Crippen molar-refractivity contribution < 1.29 is 4.79 Å². The van der Waals surface area contributed by atoms with Gasteiger partial charge in [0.2, 0.25) is 0 Å². The van der Waals surface area contributed by atoms with Crippen LogP contribution < -0.4 is 0 Å². The summed E-state index contributed by atoms with van der Waals surface area (Å²) in [6.07, 6.45) is 6.83. The molecule has 1 aliphatic rings. The zero-order valence-corrected chi connectivity index (χ0v) is 11.4. The molecule has 0 N–H and O–H groups in total. The first-order valence-corrected chi connectivity index (χ1v) is 6.96. The van der Waals surface area contributed by atoms with Crippen molar-refractivity contribution in [2.24, 2.45) is 0 Å². The Kier molecular flexibility index (Phi) is 4.35. The Morgan fingerprint density at radius 3 is 2.39 bits per heavy atom. The average molecular weight is 242 g/mol. The van der Waals surface area contributed by atoms with Crippen LogP contribution in [0.2, 0.25) is 0 Å². The second-order valence-electron chi connectivity index (χ2n) is 5.55. The highest BCUT2D eigenvalue weighted by Gasteiger charge is 2.09. The van der Waals surface area contributed by atoms with E-state index in [0.717, 1.165) is 32.1 Å². The normalized spacial score (nSPS) is 16.6. The minimum atomic E-state index is 0.307. The molecule has 1 heteroatoms. The second kappa shape index (κ2) is 5.99. The summed E-state index contributed by atoms with van der Waals surface area (Å²) in [6.45, 7) is 4.42. The van der Waals surface area contributed by atoms with Gasteiger partial charge in [-0.1, -0.05) is 43.7 Å². The third kappa shape index (κ3) is 3.56. The number of ketones is 1. The van der Waals surface area contributed by atoms with Gasteiger partial charge < -0.3 is 0 Å². The lowest BCUT2D eigenvalue weighted by atomic mass is 9.97. The van der Waals surface area contributed by atoms with Crippen molar-refractivity contribution in [3.8, 4) is 0 Å². The molecule has 0 spiro atoms. The maximum Gasteiger partial charge on any atom is 0.155 e. The molecule has 0 amide bonds. The van der Waals surface area contributed by atoms with E-state index < -0.39 is 0 Å². The number of rotatable bonds is 3. The molecule has 0 bridgehead atoms. The van der Waals surface area contributed by atoms with E-state index in [9.17, 15) is 4.79 Å². The Bertz CT molecular complexity index is 437. The maximum atomic E-state index is 11.6. The summed E-state index contributed by atoms with van der Waals surface area (Å²) in [6, 6.07) is 8.81. The van der Waals surface area contributed by atoms with E-state index in [4.69, 9.17) is 0 Å². The Labute approximate surface area is 110 Å². The predicted molar refractivity (Wildman–Crippen MR) is 75.8 cm³/mol. The van der Waals surface area contributed by atoms with E-state index in [1.54, 1.807) is 0 Å². The molecule has 0 aromatic heterocycles. The Hall–Kier alpha value is -1.37. The highest BCUT2D eigenvalue weighted by Crippen LogP contribution is 2.21. The molecular weight excluding hydrogens is 220 g/mol. The summed E-state index contributed by atoms with van der Waals surface area (Å²) in [5.41, 5.74) is 4.00. The topological polar surface area (TPSA) is 17.1 Å². The van der Waals surface area contributed by atoms with Crippen molar-refractivity contribution in [2.75, 3.05) is 0 Å². The van der Waals surface area contributed by atoms with E-state index in [-0.39, 0.29) is 0 Å². The summed E-state index contributed by atoms with van der Waals surface area (Å²) in [4.78, 5) is 11.6. The smallest absolute Gasteiger partial charge is 0.155 e. The van der Waals surface area contributed by atoms with Crippen molar-refractivity contribution in [2.45, 2.75) is 51.9 Å². The van der Waals surface area contributed by atoms with Gasteiger partial charge in [-0.2, -0.15) is 0 Å². The van der Waals surface area contributed by atoms with E-state index in [1.165, 1.54) is 16.7 Å². The van der Waals surface area contributed by atoms with Crippen LogP contribution in [0.3, 0.4) is 0 Å². The number of carbonyl (C=O) groups excluding carboxylic acids is 1. The summed E-state index contributed by atoms with van der Waals surface area (Å²) >= 11 is 0. The van der Waals surface area contributed by atoms with Crippen LogP contribution in [0.5, 0.6) is 0 Å². The molecule has 0 saturated heterocycles. The fourth-order valence-corrected chi connectivity index (χ4v) is 2.45. The first kappa shape index (κ1) is 13.1. The molecule has 1 aromatic carbocycles. The number of carbonyl (C=O) groups is 1. The Morgan fingerprint density at radius 2 is 1.72 bits per heavy atom. The van der Waals surface area contributed by atoms with Crippen molar-refractivity contribution in [1.82, 2.24) is 0 Å². The molecule has 2 rings (SSSR count). The summed E-state index contributed by atoms with van der Waals surface area (Å²) < 4.78 is 0. The van der Waals surface area contributed by atoms with Gasteiger partial charge in [-0.15, -0.1) is 0 Å². The Balaban J connectivity index is 2.06. The number of benzene rings is 1. The maximum absolute atomic E-state index is 11.6. The first-order chi connectivity index (χ1) is 8.65. The lowest BCUT2D eigenvalue weighted by Crippen LogP contribution is -1.95. The van der Waals surface area contributed by atoms with Crippen LogP contribution in [0.1, 0.15) is 56.6 Å². The second-order valence-corrected chi connectivity index (χ2v) is 5.55. The summed E-state index contributed by atoms with van der Waals surface area (Å²) in [7, 11) is 0. The molecule has 0 atom stereocenters. The first-order valence-electron chi connectivity index (χ1n) is 6.96. The molecule has 18 heavy (non-hydrogen) atoms. The van der Waals surface area contributed by atoms with Crippen LogP contribution in [-0.2, 0) is 11.2 Å². The van der Waals surface area contributed by atoms with Crippen LogP contribution in [0.15, 0.2) is 35.9 Å². The van der Waals surface area contributed by atoms with Gasteiger partial charge in [-0.05, 0) is 48.8 Å². The van der Waals surface area contributed by atoms with Crippen LogP contribution in [-0.4, -0.2) is 5.78 Å². The number of hydrogen-bond acceptors (Lipinski definition) is 1. The molecule has 0 radical (unpaired) electrons. The quantitative estimate of drug-likeness (QED) is 0.766. The fourth-order valence-electron chi connectivity index (χ4n) is 2.45. The van der Waals surface area contributed by atoms with Crippen LogP contribution >= 0.6 is 0 Å². The molecule has 1 nitrogen and oxygen atoms in total. The van der Waals surface area contributed by atoms with Crippen molar-refractivity contribution in [1.29, 1.82) is 0 Å². The molecule has 96 valence electrons. The van der Waals surface area contributed by atoms with Gasteiger partial charge in [0.05, 0.1) is 0 Å². The molecule has 0 saturated carbocycles. The SMILES string of the molecule is CC(C)c1ccc(CC2=CC(=O)CCCC2)cc1. The molecule has 0 aliphatic heterocycles. The summed E-state index contributed by atoms with van der Waals surface area (Å²) in [5.74, 6) is 0.888. The largest absolute Gasteiger partial charge is 0.295 e. The number of allylic oxidation sites excluding steroid dienone is 2. The zero-order valence-electron chi connectivity index (χ0n) is 11.4. The van der Waals surface area contributed by atoms with Gasteiger partial charge in [0.25, 0.3) is 0 Å². The van der Waals surface area contributed by atoms with Gasteiger partial charge in [-0.25, -0.2) is 0 Å². The zero-order chi connectivity index (χ0) is 13.0. The van der Waals surface area contributed by atoms with Crippen molar-refractivity contribution in [3.05, 3.63) is 47.0 Å². The van der Waals surface area contributed by atoms with Crippen LogP contribution in [0, 0.1) is 0 Å². The monoisotopic (exact) mass is 242 g/mol. The van der Waals surface area contributed by atoms with Gasteiger partial charge in [0.1, 0.15) is 0 Å². The lowest BCUT2D eigenvalue weighted by Gasteiger charge is -2.08. The molecule has 1 aromatic rings. The molecular formula is C17H22O. The van der Waals surface area contributed by atoms with Gasteiger partial charge >= 0.3 is 0 Å². The van der Waals surface area contributed by atoms with E-state index in [0.29, 0.717) is 11.7 Å². The highest BCUT2D eigenvalue weighted by atomic mass is 16.1. The highest BCUT2D eigenvalue weighted by molar-refractivity contribution is 5.90. The standard InChI is InChI=1S/C17H22O/c1-13(2)16-9-7-14(8-10-16)11-15-5-3-4-6-17(18)12-15/h7-10,12-13H,3-6,11H2,1-2H3. The third-order valence-corrected chi connectivity index (χ3v) is 3.61. The molecule has 1 aliphatic carbocycles. The molecule has 0 fully saturated rings. The fraction of sp³-hybridized carbons (Fsp3) is 0.471. The lowest BCUT2D eigenvalue weighted by molar-refractivity contribution is -0.114. The van der Waals surface area contributed by atoms with Crippen LogP contribution in [0.25, 0.3) is 0 Å².